The number of aromatic amines is 1. The average Bonchev–Trinajstić information content (AvgIpc) is 3.11. The van der Waals surface area contributed by atoms with Crippen LogP contribution in [0.15, 0.2) is 84.4 Å². The van der Waals surface area contributed by atoms with Crippen LogP contribution >= 0.6 is 11.8 Å². The van der Waals surface area contributed by atoms with Crippen molar-refractivity contribution in [3.63, 3.8) is 0 Å². The molecule has 0 saturated carbocycles. The molecule has 0 fully saturated rings. The van der Waals surface area contributed by atoms with Crippen molar-refractivity contribution in [2.45, 2.75) is 10.4 Å². The maximum absolute atomic E-state index is 13.3. The number of H-pyrrole nitrogens is 1. The van der Waals surface area contributed by atoms with Crippen LogP contribution in [0.1, 0.15) is 21.2 Å². The first-order valence-electron chi connectivity index (χ1n) is 7.92. The summed E-state index contributed by atoms with van der Waals surface area (Å²) in [4.78, 5) is 25.0. The van der Waals surface area contributed by atoms with Gasteiger partial charge >= 0.3 is 0 Å². The van der Waals surface area contributed by atoms with Gasteiger partial charge < -0.3 is 4.98 Å². The number of benzene rings is 2. The predicted molar refractivity (Wildman–Crippen MR) is 99.7 cm³/mol. The van der Waals surface area contributed by atoms with Gasteiger partial charge in [-0.05, 0) is 17.7 Å². The van der Waals surface area contributed by atoms with Gasteiger partial charge in [-0.15, -0.1) is 0 Å². The summed E-state index contributed by atoms with van der Waals surface area (Å²) >= 11 is 1.37. The van der Waals surface area contributed by atoms with Gasteiger partial charge in [-0.25, -0.2) is 9.97 Å². The molecule has 1 N–H and O–H groups in total. The molecule has 2 aromatic heterocycles. The highest BCUT2D eigenvalue weighted by atomic mass is 32.2. The fourth-order valence-corrected chi connectivity index (χ4v) is 3.75. The van der Waals surface area contributed by atoms with E-state index in [1.165, 1.54) is 11.8 Å². The van der Waals surface area contributed by atoms with Crippen LogP contribution in [0.5, 0.6) is 0 Å². The second-order valence-corrected chi connectivity index (χ2v) is 6.62. The van der Waals surface area contributed by atoms with Gasteiger partial charge in [0, 0.05) is 35.1 Å². The average molecular weight is 345 g/mol. The first-order valence-corrected chi connectivity index (χ1v) is 8.80. The molecule has 4 nitrogen and oxygen atoms in total. The molecule has 0 aliphatic heterocycles. The maximum atomic E-state index is 13.3. The molecule has 25 heavy (non-hydrogen) atoms. The first-order chi connectivity index (χ1) is 12.3. The standard InChI is InChI=1S/C20H15N3OS/c24-18(16-13-23-17-10-5-4-9-15(16)17)19(14-7-2-1-3-8-14)25-20-21-11-6-12-22-20/h1-13,19,23H/t19-/m1/s1. The van der Waals surface area contributed by atoms with Crippen molar-refractivity contribution >= 4 is 28.4 Å². The molecule has 0 spiro atoms. The van der Waals surface area contributed by atoms with E-state index in [0.717, 1.165) is 16.5 Å². The number of fused-ring (bicyclic) bond motifs is 1. The van der Waals surface area contributed by atoms with Gasteiger partial charge in [0.25, 0.3) is 0 Å². The summed E-state index contributed by atoms with van der Waals surface area (Å²) in [5.41, 5.74) is 2.58. The lowest BCUT2D eigenvalue weighted by molar-refractivity contribution is 0.0991. The van der Waals surface area contributed by atoms with Crippen molar-refractivity contribution in [1.29, 1.82) is 0 Å². The monoisotopic (exact) mass is 345 g/mol. The largest absolute Gasteiger partial charge is 0.360 e. The van der Waals surface area contributed by atoms with E-state index in [2.05, 4.69) is 15.0 Å². The van der Waals surface area contributed by atoms with E-state index in [1.54, 1.807) is 24.7 Å². The first kappa shape index (κ1) is 15.6. The van der Waals surface area contributed by atoms with E-state index in [9.17, 15) is 4.79 Å². The summed E-state index contributed by atoms with van der Waals surface area (Å²) in [6.45, 7) is 0. The molecule has 0 unspecified atom stereocenters. The third-order valence-corrected chi connectivity index (χ3v) is 5.10. The van der Waals surface area contributed by atoms with Gasteiger partial charge in [0.1, 0.15) is 5.25 Å². The third kappa shape index (κ3) is 3.19. The highest BCUT2D eigenvalue weighted by Crippen LogP contribution is 2.37. The normalized spacial score (nSPS) is 12.2. The molecule has 1 atom stereocenters. The van der Waals surface area contributed by atoms with Crippen LogP contribution < -0.4 is 0 Å². The highest BCUT2D eigenvalue weighted by Gasteiger charge is 2.26. The molecule has 2 aromatic carbocycles. The Morgan fingerprint density at radius 2 is 1.64 bits per heavy atom. The molecule has 0 saturated heterocycles. The van der Waals surface area contributed by atoms with Gasteiger partial charge in [0.05, 0.1) is 0 Å². The summed E-state index contributed by atoms with van der Waals surface area (Å²) in [7, 11) is 0. The molecular formula is C20H15N3OS. The minimum Gasteiger partial charge on any atom is -0.360 e. The second kappa shape index (κ2) is 6.91. The Kier molecular flexibility index (Phi) is 4.31. The lowest BCUT2D eigenvalue weighted by Gasteiger charge is -2.14. The predicted octanol–water partition coefficient (Wildman–Crippen LogP) is 4.67. The van der Waals surface area contributed by atoms with Crippen molar-refractivity contribution in [2.24, 2.45) is 0 Å². The highest BCUT2D eigenvalue weighted by molar-refractivity contribution is 8.00. The number of hydrogen-bond acceptors (Lipinski definition) is 4. The van der Waals surface area contributed by atoms with Gasteiger partial charge in [-0.3, -0.25) is 4.79 Å². The van der Waals surface area contributed by atoms with Crippen LogP contribution in [0.2, 0.25) is 0 Å². The number of para-hydroxylation sites is 1. The molecule has 0 radical (unpaired) electrons. The molecule has 0 aliphatic rings. The quantitative estimate of drug-likeness (QED) is 0.324. The molecule has 4 aromatic rings. The number of thioether (sulfide) groups is 1. The van der Waals surface area contributed by atoms with E-state index in [1.807, 2.05) is 54.6 Å². The topological polar surface area (TPSA) is 58.6 Å². The van der Waals surface area contributed by atoms with Gasteiger partial charge in [-0.1, -0.05) is 60.3 Å². The number of nitrogens with zero attached hydrogens (tertiary/aromatic N) is 2. The van der Waals surface area contributed by atoms with Gasteiger partial charge in [0.15, 0.2) is 10.9 Å². The minimum atomic E-state index is -0.400. The number of carbonyl (C=O) groups is 1. The zero-order valence-corrected chi connectivity index (χ0v) is 14.1. The van der Waals surface area contributed by atoms with Crippen molar-refractivity contribution in [1.82, 2.24) is 15.0 Å². The molecule has 0 aliphatic carbocycles. The van der Waals surface area contributed by atoms with Crippen LogP contribution in [-0.4, -0.2) is 20.7 Å². The Balaban J connectivity index is 1.76. The summed E-state index contributed by atoms with van der Waals surface area (Å²) < 4.78 is 0. The number of rotatable bonds is 5. The minimum absolute atomic E-state index is 0.0427. The van der Waals surface area contributed by atoms with Crippen molar-refractivity contribution in [2.75, 3.05) is 0 Å². The van der Waals surface area contributed by atoms with Crippen LogP contribution in [0.25, 0.3) is 10.9 Å². The van der Waals surface area contributed by atoms with Crippen molar-refractivity contribution in [3.8, 4) is 0 Å². The zero-order valence-electron chi connectivity index (χ0n) is 13.3. The van der Waals surface area contributed by atoms with E-state index in [0.29, 0.717) is 10.7 Å². The number of Topliss-reactive ketones (excluding diaryl/α,β-unsaturated/α-hetero) is 1. The maximum Gasteiger partial charge on any atom is 0.188 e. The fraction of sp³-hybridized carbons (Fsp3) is 0.0500. The number of nitrogens with one attached hydrogen (secondary N) is 1. The number of ketones is 1. The SMILES string of the molecule is O=C(c1c[nH]c2ccccc12)[C@H](Sc1ncccn1)c1ccccc1. The smallest absolute Gasteiger partial charge is 0.188 e. The Bertz CT molecular complexity index is 999. The molecular weight excluding hydrogens is 330 g/mol. The summed E-state index contributed by atoms with van der Waals surface area (Å²) in [6, 6.07) is 19.4. The molecule has 4 rings (SSSR count). The zero-order chi connectivity index (χ0) is 17.1. The second-order valence-electron chi connectivity index (χ2n) is 5.55. The lowest BCUT2D eigenvalue weighted by atomic mass is 10.0. The third-order valence-electron chi connectivity index (χ3n) is 3.96. The van der Waals surface area contributed by atoms with Crippen molar-refractivity contribution in [3.05, 3.63) is 90.4 Å². The van der Waals surface area contributed by atoms with Crippen LogP contribution in [0.3, 0.4) is 0 Å². The van der Waals surface area contributed by atoms with Crippen LogP contribution in [0.4, 0.5) is 0 Å². The molecule has 2 heterocycles. The lowest BCUT2D eigenvalue weighted by Crippen LogP contribution is -2.10. The van der Waals surface area contributed by atoms with E-state index in [-0.39, 0.29) is 5.78 Å². The van der Waals surface area contributed by atoms with Crippen LogP contribution in [0, 0.1) is 0 Å². The molecule has 0 bridgehead atoms. The number of carbonyl (C=O) groups excluding carboxylic acids is 1. The Hall–Kier alpha value is -2.92. The number of aromatic nitrogens is 3. The van der Waals surface area contributed by atoms with Crippen molar-refractivity contribution < 1.29 is 4.79 Å². The Labute approximate surface area is 149 Å². The Morgan fingerprint density at radius 3 is 2.44 bits per heavy atom. The summed E-state index contributed by atoms with van der Waals surface area (Å²) in [6.07, 6.45) is 5.16. The molecule has 122 valence electrons. The molecule has 5 heteroatoms. The van der Waals surface area contributed by atoms with E-state index < -0.39 is 5.25 Å². The molecule has 0 amide bonds. The summed E-state index contributed by atoms with van der Waals surface area (Å²) in [5, 5.41) is 1.12. The van der Waals surface area contributed by atoms with Gasteiger partial charge in [0.2, 0.25) is 0 Å². The van der Waals surface area contributed by atoms with Crippen LogP contribution in [-0.2, 0) is 0 Å². The fourth-order valence-electron chi connectivity index (χ4n) is 2.77. The summed E-state index contributed by atoms with van der Waals surface area (Å²) in [5.74, 6) is 0.0427. The van der Waals surface area contributed by atoms with E-state index in [4.69, 9.17) is 0 Å². The Morgan fingerprint density at radius 1 is 0.920 bits per heavy atom. The number of hydrogen-bond donors (Lipinski definition) is 1. The van der Waals surface area contributed by atoms with Gasteiger partial charge in [-0.2, -0.15) is 0 Å². The van der Waals surface area contributed by atoms with E-state index >= 15 is 0 Å².